The summed E-state index contributed by atoms with van der Waals surface area (Å²) in [7, 11) is 0. The number of likely N-dealkylation sites (tertiary alicyclic amines) is 2. The summed E-state index contributed by atoms with van der Waals surface area (Å²) in [6.45, 7) is 7.99. The highest BCUT2D eigenvalue weighted by molar-refractivity contribution is 5.84. The van der Waals surface area contributed by atoms with Crippen molar-refractivity contribution in [1.29, 1.82) is 0 Å². The summed E-state index contributed by atoms with van der Waals surface area (Å²) in [6, 6.07) is 0.0581. The molecule has 0 radical (unpaired) electrons. The standard InChI is InChI=1S/C13H26N4O/c1-11(13(14)15-18)17-8-4-12(5-9-17)10-16-6-2-3-7-16/h11-12,18H,2-10H2,1H3,(H2,14,15). The summed E-state index contributed by atoms with van der Waals surface area (Å²) in [4.78, 5) is 4.92. The van der Waals surface area contributed by atoms with E-state index < -0.39 is 0 Å². The van der Waals surface area contributed by atoms with Gasteiger partial charge in [0.15, 0.2) is 5.84 Å². The van der Waals surface area contributed by atoms with Crippen molar-refractivity contribution >= 4 is 5.84 Å². The van der Waals surface area contributed by atoms with Crippen LogP contribution >= 0.6 is 0 Å². The lowest BCUT2D eigenvalue weighted by molar-refractivity contribution is 0.142. The second-order valence-corrected chi connectivity index (χ2v) is 5.69. The van der Waals surface area contributed by atoms with Crippen LogP contribution in [0.25, 0.3) is 0 Å². The van der Waals surface area contributed by atoms with E-state index in [1.807, 2.05) is 6.92 Å². The van der Waals surface area contributed by atoms with Crippen LogP contribution in [0.1, 0.15) is 32.6 Å². The summed E-state index contributed by atoms with van der Waals surface area (Å²) in [5.41, 5.74) is 5.66. The molecule has 3 N–H and O–H groups in total. The Balaban J connectivity index is 1.73. The van der Waals surface area contributed by atoms with Crippen molar-refractivity contribution in [2.24, 2.45) is 16.8 Å². The first kappa shape index (κ1) is 13.6. The topological polar surface area (TPSA) is 65.1 Å². The SMILES string of the molecule is CC(C(N)=NO)N1CCC(CN2CCCC2)CC1. The van der Waals surface area contributed by atoms with Gasteiger partial charge in [0.25, 0.3) is 0 Å². The van der Waals surface area contributed by atoms with Crippen LogP contribution in [0.5, 0.6) is 0 Å². The van der Waals surface area contributed by atoms with Gasteiger partial charge in [-0.05, 0) is 64.7 Å². The predicted octanol–water partition coefficient (Wildman–Crippen LogP) is 0.929. The van der Waals surface area contributed by atoms with Crippen molar-refractivity contribution in [3.05, 3.63) is 0 Å². The first-order chi connectivity index (χ1) is 8.70. The van der Waals surface area contributed by atoms with Gasteiger partial charge in [0.1, 0.15) is 0 Å². The van der Waals surface area contributed by atoms with Crippen molar-refractivity contribution in [2.75, 3.05) is 32.7 Å². The summed E-state index contributed by atoms with van der Waals surface area (Å²) in [5, 5.41) is 11.8. The van der Waals surface area contributed by atoms with Crippen LogP contribution in [-0.4, -0.2) is 59.6 Å². The Morgan fingerprint density at radius 3 is 2.44 bits per heavy atom. The maximum absolute atomic E-state index is 8.71. The maximum Gasteiger partial charge on any atom is 0.156 e. The van der Waals surface area contributed by atoms with Gasteiger partial charge in [-0.1, -0.05) is 5.16 Å². The van der Waals surface area contributed by atoms with E-state index in [-0.39, 0.29) is 6.04 Å². The molecule has 0 amide bonds. The second kappa shape index (κ2) is 6.38. The highest BCUT2D eigenvalue weighted by Gasteiger charge is 2.26. The van der Waals surface area contributed by atoms with E-state index in [9.17, 15) is 0 Å². The number of nitrogens with two attached hydrogens (primary N) is 1. The normalized spacial score (nSPS) is 26.6. The van der Waals surface area contributed by atoms with E-state index in [0.29, 0.717) is 5.84 Å². The molecule has 1 atom stereocenters. The van der Waals surface area contributed by atoms with Crippen LogP contribution in [0.3, 0.4) is 0 Å². The first-order valence-electron chi connectivity index (χ1n) is 7.14. The third-order valence-electron chi connectivity index (χ3n) is 4.46. The van der Waals surface area contributed by atoms with E-state index in [4.69, 9.17) is 10.9 Å². The molecule has 0 aliphatic carbocycles. The third-order valence-corrected chi connectivity index (χ3v) is 4.46. The molecule has 2 fully saturated rings. The Morgan fingerprint density at radius 1 is 1.28 bits per heavy atom. The van der Waals surface area contributed by atoms with Crippen LogP contribution in [0, 0.1) is 5.92 Å². The Labute approximate surface area is 110 Å². The summed E-state index contributed by atoms with van der Waals surface area (Å²) < 4.78 is 0. The molecule has 0 spiro atoms. The molecule has 5 heteroatoms. The van der Waals surface area contributed by atoms with Crippen molar-refractivity contribution in [3.8, 4) is 0 Å². The van der Waals surface area contributed by atoms with Crippen molar-refractivity contribution in [3.63, 3.8) is 0 Å². The Bertz CT molecular complexity index is 281. The van der Waals surface area contributed by atoms with Gasteiger partial charge in [-0.3, -0.25) is 4.90 Å². The number of amidine groups is 1. The molecular formula is C13H26N4O. The van der Waals surface area contributed by atoms with Crippen molar-refractivity contribution in [2.45, 2.75) is 38.6 Å². The minimum atomic E-state index is 0.0581. The molecule has 2 aliphatic heterocycles. The number of rotatable bonds is 4. The van der Waals surface area contributed by atoms with E-state index in [0.717, 1.165) is 19.0 Å². The number of hydrogen-bond acceptors (Lipinski definition) is 4. The first-order valence-corrected chi connectivity index (χ1v) is 7.14. The zero-order valence-corrected chi connectivity index (χ0v) is 11.4. The fourth-order valence-corrected chi connectivity index (χ4v) is 3.12. The van der Waals surface area contributed by atoms with Gasteiger partial charge in [0.05, 0.1) is 6.04 Å². The van der Waals surface area contributed by atoms with Gasteiger partial charge in [-0.15, -0.1) is 0 Å². The molecule has 0 saturated carbocycles. The molecule has 2 aliphatic rings. The lowest BCUT2D eigenvalue weighted by atomic mass is 9.95. The van der Waals surface area contributed by atoms with Crippen LogP contribution < -0.4 is 5.73 Å². The fraction of sp³-hybridized carbons (Fsp3) is 0.923. The monoisotopic (exact) mass is 254 g/mol. The van der Waals surface area contributed by atoms with E-state index in [1.165, 1.54) is 45.3 Å². The van der Waals surface area contributed by atoms with Crippen LogP contribution in [0.2, 0.25) is 0 Å². The minimum absolute atomic E-state index is 0.0581. The average Bonchev–Trinajstić information content (AvgIpc) is 2.91. The van der Waals surface area contributed by atoms with Gasteiger partial charge in [-0.25, -0.2) is 0 Å². The highest BCUT2D eigenvalue weighted by Crippen LogP contribution is 2.21. The molecule has 5 nitrogen and oxygen atoms in total. The van der Waals surface area contributed by atoms with Crippen molar-refractivity contribution < 1.29 is 5.21 Å². The lowest BCUT2D eigenvalue weighted by Gasteiger charge is -2.36. The number of piperidine rings is 1. The summed E-state index contributed by atoms with van der Waals surface area (Å²) in [5.74, 6) is 1.16. The van der Waals surface area contributed by atoms with Gasteiger partial charge in [0.2, 0.25) is 0 Å². The minimum Gasteiger partial charge on any atom is -0.409 e. The predicted molar refractivity (Wildman–Crippen MR) is 72.8 cm³/mol. The molecule has 104 valence electrons. The van der Waals surface area contributed by atoms with Crippen molar-refractivity contribution in [1.82, 2.24) is 9.80 Å². The quantitative estimate of drug-likeness (QED) is 0.339. The molecule has 0 aromatic heterocycles. The molecule has 0 aromatic carbocycles. The molecule has 2 rings (SSSR count). The lowest BCUT2D eigenvalue weighted by Crippen LogP contribution is -2.47. The molecule has 0 bridgehead atoms. The average molecular weight is 254 g/mol. The third kappa shape index (κ3) is 3.36. The number of nitrogens with zero attached hydrogens (tertiary/aromatic N) is 3. The van der Waals surface area contributed by atoms with Gasteiger partial charge >= 0.3 is 0 Å². The Kier molecular flexibility index (Phi) is 4.83. The van der Waals surface area contributed by atoms with E-state index in [2.05, 4.69) is 15.0 Å². The van der Waals surface area contributed by atoms with Crippen LogP contribution in [0.15, 0.2) is 5.16 Å². The van der Waals surface area contributed by atoms with Crippen LogP contribution in [0.4, 0.5) is 0 Å². The van der Waals surface area contributed by atoms with Gasteiger partial charge in [-0.2, -0.15) is 0 Å². The molecule has 2 heterocycles. The largest absolute Gasteiger partial charge is 0.409 e. The second-order valence-electron chi connectivity index (χ2n) is 5.69. The zero-order valence-electron chi connectivity index (χ0n) is 11.4. The van der Waals surface area contributed by atoms with Crippen LogP contribution in [-0.2, 0) is 0 Å². The van der Waals surface area contributed by atoms with E-state index in [1.54, 1.807) is 0 Å². The number of oxime groups is 1. The Hall–Kier alpha value is -0.810. The smallest absolute Gasteiger partial charge is 0.156 e. The van der Waals surface area contributed by atoms with Gasteiger partial charge in [0, 0.05) is 6.54 Å². The Morgan fingerprint density at radius 2 is 1.89 bits per heavy atom. The molecule has 18 heavy (non-hydrogen) atoms. The zero-order chi connectivity index (χ0) is 13.0. The highest BCUT2D eigenvalue weighted by atomic mass is 16.4. The molecular weight excluding hydrogens is 228 g/mol. The molecule has 2 saturated heterocycles. The van der Waals surface area contributed by atoms with E-state index >= 15 is 0 Å². The summed E-state index contributed by atoms with van der Waals surface area (Å²) >= 11 is 0. The fourth-order valence-electron chi connectivity index (χ4n) is 3.12. The molecule has 1 unspecified atom stereocenters. The summed E-state index contributed by atoms with van der Waals surface area (Å²) in [6.07, 6.45) is 5.22. The number of hydrogen-bond donors (Lipinski definition) is 2. The maximum atomic E-state index is 8.71. The molecule has 0 aromatic rings. The van der Waals surface area contributed by atoms with Gasteiger partial charge < -0.3 is 15.8 Å².